The molecule has 2 aromatic heterocycles. The number of sulfonamides is 1. The Morgan fingerprint density at radius 1 is 0.943 bits per heavy atom. The van der Waals surface area contributed by atoms with Gasteiger partial charge in [-0.25, -0.2) is 36.3 Å². The molecule has 0 radical (unpaired) electrons. The lowest BCUT2D eigenvalue weighted by Crippen LogP contribution is -2.44. The fraction of sp³-hybridized carbons (Fsp3) is 0.333. The summed E-state index contributed by atoms with van der Waals surface area (Å²) >= 11 is 0. The largest absolute Gasteiger partial charge is 0.461 e. The fourth-order valence-corrected chi connectivity index (χ4v) is 6.03. The predicted octanol–water partition coefficient (Wildman–Crippen LogP) is 3.45. The van der Waals surface area contributed by atoms with Gasteiger partial charge < -0.3 is 19.9 Å². The van der Waals surface area contributed by atoms with Gasteiger partial charge in [-0.05, 0) is 84.4 Å². The van der Waals surface area contributed by atoms with E-state index in [2.05, 4.69) is 15.6 Å². The number of ether oxygens (including phenoxy) is 1. The topological polar surface area (TPSA) is 188 Å². The van der Waals surface area contributed by atoms with Gasteiger partial charge in [0.05, 0.1) is 23.0 Å². The Labute approximate surface area is 304 Å². The highest BCUT2D eigenvalue weighted by Crippen LogP contribution is 2.23. The van der Waals surface area contributed by atoms with Crippen LogP contribution in [0.5, 0.6) is 0 Å². The molecule has 0 bridgehead atoms. The van der Waals surface area contributed by atoms with E-state index in [-0.39, 0.29) is 17.8 Å². The molecule has 282 valence electrons. The number of rotatable bonds is 11. The first-order valence-corrected chi connectivity index (χ1v) is 17.8. The van der Waals surface area contributed by atoms with Crippen molar-refractivity contribution in [3.63, 3.8) is 0 Å². The van der Waals surface area contributed by atoms with Crippen molar-refractivity contribution in [2.45, 2.75) is 77.5 Å². The molecule has 0 saturated heterocycles. The molecule has 2 amide bonds. The minimum atomic E-state index is -4.52. The predicted molar refractivity (Wildman–Crippen MR) is 192 cm³/mol. The van der Waals surface area contributed by atoms with Crippen molar-refractivity contribution in [3.8, 4) is 5.69 Å². The van der Waals surface area contributed by atoms with Crippen LogP contribution in [0, 0.1) is 25.5 Å². The highest BCUT2D eigenvalue weighted by atomic mass is 32.2. The van der Waals surface area contributed by atoms with Crippen LogP contribution in [0.1, 0.15) is 72.3 Å². The van der Waals surface area contributed by atoms with E-state index in [9.17, 15) is 32.4 Å². The maximum absolute atomic E-state index is 15.3. The number of carbonyl (C=O) groups is 3. The molecule has 53 heavy (non-hydrogen) atoms. The van der Waals surface area contributed by atoms with E-state index in [4.69, 9.17) is 4.74 Å². The fourth-order valence-electron chi connectivity index (χ4n) is 5.02. The Kier molecular flexibility index (Phi) is 11.7. The molecule has 0 unspecified atom stereocenters. The van der Waals surface area contributed by atoms with E-state index in [1.807, 2.05) is 4.72 Å². The Hall–Kier alpha value is -5.71. The summed E-state index contributed by atoms with van der Waals surface area (Å²) in [6.45, 7) is 11.7. The summed E-state index contributed by atoms with van der Waals surface area (Å²) in [7, 11) is -2.98. The van der Waals surface area contributed by atoms with Crippen molar-refractivity contribution in [2.24, 2.45) is 7.05 Å². The average molecular weight is 755 g/mol. The summed E-state index contributed by atoms with van der Waals surface area (Å²) in [6, 6.07) is 7.81. The summed E-state index contributed by atoms with van der Waals surface area (Å²) in [5.74, 6) is -5.24. The van der Waals surface area contributed by atoms with Gasteiger partial charge in [-0.1, -0.05) is 12.1 Å². The number of carbonyl (C=O) groups excluding carboxylic acids is 3. The van der Waals surface area contributed by atoms with Gasteiger partial charge in [0.2, 0.25) is 0 Å². The van der Waals surface area contributed by atoms with Gasteiger partial charge in [0, 0.05) is 42.5 Å². The summed E-state index contributed by atoms with van der Waals surface area (Å²) in [5, 5.41) is 5.03. The molecule has 4 rings (SSSR count). The summed E-state index contributed by atoms with van der Waals surface area (Å²) in [4.78, 5) is 67.7. The molecule has 2 aromatic carbocycles. The molecule has 2 heterocycles. The van der Waals surface area contributed by atoms with Gasteiger partial charge in [0.25, 0.3) is 27.4 Å². The summed E-state index contributed by atoms with van der Waals surface area (Å²) in [5.41, 5.74) is -1.72. The van der Waals surface area contributed by atoms with Gasteiger partial charge in [-0.15, -0.1) is 0 Å². The highest BCUT2D eigenvalue weighted by molar-refractivity contribution is 7.92. The number of hydrogen-bond acceptors (Lipinski definition) is 9. The first-order chi connectivity index (χ1) is 24.6. The number of esters is 1. The van der Waals surface area contributed by atoms with Crippen molar-refractivity contribution in [1.82, 2.24) is 24.8 Å². The van der Waals surface area contributed by atoms with Gasteiger partial charge in [-0.2, -0.15) is 0 Å². The van der Waals surface area contributed by atoms with Crippen LogP contribution in [0.4, 0.5) is 14.5 Å². The Morgan fingerprint density at radius 3 is 2.15 bits per heavy atom. The van der Waals surface area contributed by atoms with Crippen LogP contribution in [0.2, 0.25) is 0 Å². The van der Waals surface area contributed by atoms with E-state index in [0.29, 0.717) is 29.0 Å². The normalized spacial score (nSPS) is 12.3. The molecule has 14 nitrogen and oxygen atoms in total. The standard InChI is InChI=1S/C36H40F2N6O8S/c1-19(2)52-34(48)30(15-22-9-11-23(12-10-22)44-33(47)20(3)21(4)43(8)35(44)49)40-31(45)25-16-27(38)29(17-26(25)37)42-53(50,51)24-13-14-28(39-18-24)32(46)41-36(5,6)7/h9-14,16-19,30,42H,15H2,1-8H3,(H,40,45)(H,41,46)/t30-/m0/s1. The molecule has 0 fully saturated rings. The number of benzene rings is 2. The molecule has 0 aliphatic carbocycles. The lowest BCUT2D eigenvalue weighted by Gasteiger charge is -2.20. The molecule has 4 aromatic rings. The van der Waals surface area contributed by atoms with Crippen molar-refractivity contribution < 1.29 is 36.3 Å². The van der Waals surface area contributed by atoms with Gasteiger partial charge in [0.15, 0.2) is 0 Å². The minimum Gasteiger partial charge on any atom is -0.461 e. The Balaban J connectivity index is 1.55. The summed E-state index contributed by atoms with van der Waals surface area (Å²) in [6.07, 6.45) is 0.111. The van der Waals surface area contributed by atoms with E-state index in [1.54, 1.807) is 55.5 Å². The number of pyridine rings is 1. The number of hydrogen-bond donors (Lipinski definition) is 3. The molecule has 1 atom stereocenters. The number of aromatic nitrogens is 3. The van der Waals surface area contributed by atoms with Crippen LogP contribution in [-0.4, -0.2) is 58.0 Å². The van der Waals surface area contributed by atoms with Crippen LogP contribution in [0.3, 0.4) is 0 Å². The van der Waals surface area contributed by atoms with Crippen LogP contribution in [0.25, 0.3) is 5.69 Å². The number of amides is 2. The third kappa shape index (κ3) is 9.40. The number of anilines is 1. The van der Waals surface area contributed by atoms with Crippen LogP contribution in [0.15, 0.2) is 69.2 Å². The molecule has 0 aliphatic rings. The van der Waals surface area contributed by atoms with Gasteiger partial charge >= 0.3 is 11.7 Å². The second-order valence-electron chi connectivity index (χ2n) is 13.6. The quantitative estimate of drug-likeness (QED) is 0.193. The van der Waals surface area contributed by atoms with Gasteiger partial charge in [-0.3, -0.25) is 19.1 Å². The SMILES string of the molecule is Cc1c(C)n(C)c(=O)n(-c2ccc(C[C@H](NC(=O)c3cc(F)c(NS(=O)(=O)c4ccc(C(=O)NC(C)(C)C)nc4)cc3F)C(=O)OC(C)C)cc2)c1=O. The molecule has 0 saturated carbocycles. The Morgan fingerprint density at radius 2 is 1.58 bits per heavy atom. The number of nitrogens with one attached hydrogen (secondary N) is 3. The van der Waals surface area contributed by atoms with Gasteiger partial charge in [0.1, 0.15) is 28.3 Å². The third-order valence-electron chi connectivity index (χ3n) is 7.94. The second kappa shape index (κ2) is 15.5. The van der Waals surface area contributed by atoms with Crippen LogP contribution < -0.4 is 26.6 Å². The molecule has 3 N–H and O–H groups in total. The number of halogens is 2. The minimum absolute atomic E-state index is 0.0692. The maximum atomic E-state index is 15.3. The smallest absolute Gasteiger partial charge is 0.335 e. The second-order valence-corrected chi connectivity index (χ2v) is 15.3. The lowest BCUT2D eigenvalue weighted by atomic mass is 10.0. The average Bonchev–Trinajstić information content (AvgIpc) is 3.07. The maximum Gasteiger partial charge on any atom is 0.335 e. The summed E-state index contributed by atoms with van der Waals surface area (Å²) < 4.78 is 65.9. The monoisotopic (exact) mass is 754 g/mol. The molecular weight excluding hydrogens is 714 g/mol. The number of nitrogens with zero attached hydrogens (tertiary/aromatic N) is 3. The molecular formula is C36H40F2N6O8S. The zero-order chi connectivity index (χ0) is 39.6. The Bertz CT molecular complexity index is 2260. The zero-order valence-corrected chi connectivity index (χ0v) is 31.1. The first-order valence-electron chi connectivity index (χ1n) is 16.3. The zero-order valence-electron chi connectivity index (χ0n) is 30.3. The van der Waals surface area contributed by atoms with E-state index in [1.165, 1.54) is 28.8 Å². The van der Waals surface area contributed by atoms with E-state index in [0.717, 1.165) is 22.9 Å². The van der Waals surface area contributed by atoms with Crippen LogP contribution >= 0.6 is 0 Å². The van der Waals surface area contributed by atoms with Crippen molar-refractivity contribution in [3.05, 3.63) is 115 Å². The molecule has 0 spiro atoms. The van der Waals surface area contributed by atoms with E-state index >= 15 is 8.78 Å². The highest BCUT2D eigenvalue weighted by Gasteiger charge is 2.28. The lowest BCUT2D eigenvalue weighted by molar-refractivity contribution is -0.149. The first kappa shape index (κ1) is 40.1. The van der Waals surface area contributed by atoms with Crippen molar-refractivity contribution >= 4 is 33.5 Å². The molecule has 17 heteroatoms. The van der Waals surface area contributed by atoms with E-state index < -0.39 is 84.5 Å². The van der Waals surface area contributed by atoms with Crippen molar-refractivity contribution in [2.75, 3.05) is 4.72 Å². The van der Waals surface area contributed by atoms with Crippen molar-refractivity contribution in [1.29, 1.82) is 0 Å². The van der Waals surface area contributed by atoms with Crippen LogP contribution in [-0.2, 0) is 33.0 Å². The third-order valence-corrected chi connectivity index (χ3v) is 9.29. The molecule has 0 aliphatic heterocycles.